The zero-order valence-electron chi connectivity index (χ0n) is 17.2. The molecule has 0 aliphatic heterocycles. The second-order valence-corrected chi connectivity index (χ2v) is 9.56. The molecule has 1 atom stereocenters. The van der Waals surface area contributed by atoms with E-state index in [0.717, 1.165) is 33.9 Å². The number of methoxy groups -OCH3 is 1. The molecule has 2 heterocycles. The van der Waals surface area contributed by atoms with Gasteiger partial charge in [-0.3, -0.25) is 4.79 Å². The molecule has 1 aromatic carbocycles. The summed E-state index contributed by atoms with van der Waals surface area (Å²) in [7, 11) is 1.34. The number of esters is 1. The number of benzene rings is 1. The molecule has 2 aromatic heterocycles. The van der Waals surface area contributed by atoms with Gasteiger partial charge in [-0.2, -0.15) is 0 Å². The number of hydrogen-bond donors (Lipinski definition) is 1. The molecule has 0 radical (unpaired) electrons. The molecule has 1 aliphatic carbocycles. The Balaban J connectivity index is 1.48. The Labute approximate surface area is 183 Å². The van der Waals surface area contributed by atoms with Gasteiger partial charge in [0.2, 0.25) is 5.91 Å². The summed E-state index contributed by atoms with van der Waals surface area (Å²) in [5.41, 5.74) is 2.45. The quantitative estimate of drug-likeness (QED) is 0.353. The summed E-state index contributed by atoms with van der Waals surface area (Å²) in [5, 5.41) is 4.89. The first-order chi connectivity index (χ1) is 14.4. The summed E-state index contributed by atoms with van der Waals surface area (Å²) in [6.45, 7) is 4.19. The van der Waals surface area contributed by atoms with E-state index in [0.29, 0.717) is 17.2 Å². The van der Waals surface area contributed by atoms with Gasteiger partial charge in [-0.1, -0.05) is 18.7 Å². The fraction of sp³-hybridized carbons (Fsp3) is 0.364. The number of nitrogens with one attached hydrogen (secondary N) is 1. The largest absolute Gasteiger partial charge is 0.465 e. The number of amides is 1. The third kappa shape index (κ3) is 4.34. The molecule has 0 spiro atoms. The SMILES string of the molecule is COC(=O)c1ccc(NC(=O)CSc2nc(C)nc3sc4c(c23)CC[C@H](C)C4)cc1. The Morgan fingerprint density at radius 2 is 2.03 bits per heavy atom. The van der Waals surface area contributed by atoms with Gasteiger partial charge < -0.3 is 10.1 Å². The minimum atomic E-state index is -0.403. The van der Waals surface area contributed by atoms with Crippen LogP contribution in [0.5, 0.6) is 0 Å². The number of hydrogen-bond acceptors (Lipinski definition) is 7. The molecule has 0 saturated heterocycles. The maximum absolute atomic E-state index is 12.5. The number of aromatic nitrogens is 2. The third-order valence-corrected chi connectivity index (χ3v) is 7.29. The van der Waals surface area contributed by atoms with Gasteiger partial charge in [0, 0.05) is 16.0 Å². The van der Waals surface area contributed by atoms with E-state index in [4.69, 9.17) is 0 Å². The van der Waals surface area contributed by atoms with Gasteiger partial charge in [-0.15, -0.1) is 11.3 Å². The van der Waals surface area contributed by atoms with Crippen molar-refractivity contribution in [2.24, 2.45) is 5.92 Å². The number of carbonyl (C=O) groups is 2. The fourth-order valence-corrected chi connectivity index (χ4v) is 6.05. The molecule has 1 aliphatic rings. The number of rotatable bonds is 5. The predicted molar refractivity (Wildman–Crippen MR) is 120 cm³/mol. The summed E-state index contributed by atoms with van der Waals surface area (Å²) in [6, 6.07) is 6.64. The second-order valence-electron chi connectivity index (χ2n) is 7.51. The van der Waals surface area contributed by atoms with E-state index in [1.54, 1.807) is 35.6 Å². The zero-order chi connectivity index (χ0) is 21.3. The standard InChI is InChI=1S/C22H23N3O3S2/c1-12-4-9-16-17(10-12)30-21-19(16)20(23-13(2)24-21)29-11-18(26)25-15-7-5-14(6-8-15)22(27)28-3/h5-8,12H,4,9-11H2,1-3H3,(H,25,26)/t12-/m0/s1. The normalized spacial score (nSPS) is 15.6. The lowest BCUT2D eigenvalue weighted by atomic mass is 9.89. The van der Waals surface area contributed by atoms with Crippen LogP contribution in [-0.4, -0.2) is 34.7 Å². The number of aryl methyl sites for hydroxylation is 2. The smallest absolute Gasteiger partial charge is 0.337 e. The zero-order valence-corrected chi connectivity index (χ0v) is 18.8. The van der Waals surface area contributed by atoms with Gasteiger partial charge in [0.25, 0.3) is 0 Å². The number of fused-ring (bicyclic) bond motifs is 3. The van der Waals surface area contributed by atoms with Crippen LogP contribution in [0, 0.1) is 12.8 Å². The van der Waals surface area contributed by atoms with Crippen LogP contribution in [0.15, 0.2) is 29.3 Å². The van der Waals surface area contributed by atoms with Crippen LogP contribution < -0.4 is 5.32 Å². The van der Waals surface area contributed by atoms with Crippen molar-refractivity contribution < 1.29 is 14.3 Å². The molecular weight excluding hydrogens is 418 g/mol. The number of carbonyl (C=O) groups excluding carboxylic acids is 2. The lowest BCUT2D eigenvalue weighted by Crippen LogP contribution is -2.14. The van der Waals surface area contributed by atoms with Gasteiger partial charge in [0.15, 0.2) is 0 Å². The number of nitrogens with zero attached hydrogens (tertiary/aromatic N) is 2. The Kier molecular flexibility index (Phi) is 6.06. The maximum atomic E-state index is 12.5. The molecule has 0 saturated carbocycles. The molecule has 6 nitrogen and oxygen atoms in total. The average molecular weight is 442 g/mol. The van der Waals surface area contributed by atoms with Crippen molar-refractivity contribution in [2.45, 2.75) is 38.1 Å². The van der Waals surface area contributed by atoms with Crippen molar-refractivity contribution in [2.75, 3.05) is 18.2 Å². The van der Waals surface area contributed by atoms with Crippen LogP contribution in [0.3, 0.4) is 0 Å². The lowest BCUT2D eigenvalue weighted by molar-refractivity contribution is -0.113. The van der Waals surface area contributed by atoms with E-state index in [1.165, 1.54) is 35.7 Å². The Bertz CT molecular complexity index is 1110. The second kappa shape index (κ2) is 8.73. The first-order valence-electron chi connectivity index (χ1n) is 9.84. The highest BCUT2D eigenvalue weighted by molar-refractivity contribution is 8.00. The van der Waals surface area contributed by atoms with Crippen molar-refractivity contribution in [1.29, 1.82) is 0 Å². The monoisotopic (exact) mass is 441 g/mol. The van der Waals surface area contributed by atoms with Crippen LogP contribution in [0.2, 0.25) is 0 Å². The Hall–Kier alpha value is -2.45. The van der Waals surface area contributed by atoms with E-state index in [1.807, 2.05) is 6.92 Å². The van der Waals surface area contributed by atoms with E-state index in [9.17, 15) is 9.59 Å². The topological polar surface area (TPSA) is 81.2 Å². The molecule has 0 unspecified atom stereocenters. The van der Waals surface area contributed by atoms with E-state index < -0.39 is 5.97 Å². The molecule has 0 fully saturated rings. The molecule has 30 heavy (non-hydrogen) atoms. The summed E-state index contributed by atoms with van der Waals surface area (Å²) in [6.07, 6.45) is 3.33. The highest BCUT2D eigenvalue weighted by Crippen LogP contribution is 2.40. The molecule has 0 bridgehead atoms. The summed E-state index contributed by atoms with van der Waals surface area (Å²) in [4.78, 5) is 35.7. The fourth-order valence-electron chi connectivity index (χ4n) is 3.65. The predicted octanol–water partition coefficient (Wildman–Crippen LogP) is 4.64. The van der Waals surface area contributed by atoms with E-state index >= 15 is 0 Å². The van der Waals surface area contributed by atoms with Crippen LogP contribution in [0.4, 0.5) is 5.69 Å². The molecular formula is C22H23N3O3S2. The molecule has 8 heteroatoms. The summed E-state index contributed by atoms with van der Waals surface area (Å²) in [5.74, 6) is 1.17. The maximum Gasteiger partial charge on any atom is 0.337 e. The van der Waals surface area contributed by atoms with Gasteiger partial charge in [-0.05, 0) is 61.9 Å². The van der Waals surface area contributed by atoms with Gasteiger partial charge in [0.05, 0.1) is 18.4 Å². The number of thioether (sulfide) groups is 1. The van der Waals surface area contributed by atoms with E-state index in [-0.39, 0.29) is 11.7 Å². The third-order valence-electron chi connectivity index (χ3n) is 5.16. The van der Waals surface area contributed by atoms with Gasteiger partial charge >= 0.3 is 5.97 Å². The van der Waals surface area contributed by atoms with Crippen LogP contribution >= 0.6 is 23.1 Å². The molecule has 1 amide bonds. The number of anilines is 1. The molecule has 156 valence electrons. The van der Waals surface area contributed by atoms with Crippen LogP contribution in [0.25, 0.3) is 10.2 Å². The van der Waals surface area contributed by atoms with E-state index in [2.05, 4.69) is 26.9 Å². The molecule has 1 N–H and O–H groups in total. The van der Waals surface area contributed by atoms with Gasteiger partial charge in [0.1, 0.15) is 15.7 Å². The van der Waals surface area contributed by atoms with Crippen LogP contribution in [0.1, 0.15) is 40.0 Å². The summed E-state index contributed by atoms with van der Waals surface area (Å²) < 4.78 is 4.69. The van der Waals surface area contributed by atoms with Crippen LogP contribution in [-0.2, 0) is 22.4 Å². The minimum absolute atomic E-state index is 0.118. The van der Waals surface area contributed by atoms with Crippen molar-refractivity contribution in [1.82, 2.24) is 9.97 Å². The average Bonchev–Trinajstić information content (AvgIpc) is 3.08. The van der Waals surface area contributed by atoms with Gasteiger partial charge in [-0.25, -0.2) is 14.8 Å². The van der Waals surface area contributed by atoms with Crippen molar-refractivity contribution in [3.05, 3.63) is 46.1 Å². The first kappa shape index (κ1) is 20.8. The first-order valence-corrected chi connectivity index (χ1v) is 11.6. The van der Waals surface area contributed by atoms with Crippen molar-refractivity contribution >= 4 is 50.9 Å². The number of thiophene rings is 1. The highest BCUT2D eigenvalue weighted by atomic mass is 32.2. The van der Waals surface area contributed by atoms with Crippen molar-refractivity contribution in [3.8, 4) is 0 Å². The molecule has 3 aromatic rings. The minimum Gasteiger partial charge on any atom is -0.465 e. The Morgan fingerprint density at radius 1 is 1.27 bits per heavy atom. The van der Waals surface area contributed by atoms with Crippen molar-refractivity contribution in [3.63, 3.8) is 0 Å². The Morgan fingerprint density at radius 3 is 2.77 bits per heavy atom. The highest BCUT2D eigenvalue weighted by Gasteiger charge is 2.24. The number of ether oxygens (including phenoxy) is 1. The molecule has 4 rings (SSSR count). The lowest BCUT2D eigenvalue weighted by Gasteiger charge is -2.18. The summed E-state index contributed by atoms with van der Waals surface area (Å²) >= 11 is 3.22.